The molecule has 0 aliphatic carbocycles. The zero-order valence-corrected chi connectivity index (χ0v) is 17.8. The Morgan fingerprint density at radius 1 is 1.15 bits per heavy atom. The Morgan fingerprint density at radius 3 is 2.64 bits per heavy atom. The minimum atomic E-state index is -4.41. The Hall–Kier alpha value is -4.28. The predicted molar refractivity (Wildman–Crippen MR) is 118 cm³/mol. The summed E-state index contributed by atoms with van der Waals surface area (Å²) in [4.78, 5) is 17.6. The molecule has 0 atom stereocenters. The van der Waals surface area contributed by atoms with Gasteiger partial charge in [-0.3, -0.25) is 14.1 Å². The van der Waals surface area contributed by atoms with E-state index in [-0.39, 0.29) is 24.4 Å². The summed E-state index contributed by atoms with van der Waals surface area (Å²) in [6, 6.07) is 14.9. The van der Waals surface area contributed by atoms with E-state index in [1.807, 2.05) is 29.0 Å². The van der Waals surface area contributed by atoms with Gasteiger partial charge in [0.2, 0.25) is 5.82 Å². The van der Waals surface area contributed by atoms with Gasteiger partial charge >= 0.3 is 10.3 Å². The van der Waals surface area contributed by atoms with Gasteiger partial charge in [0.1, 0.15) is 0 Å². The average Bonchev–Trinajstić information content (AvgIpc) is 3.38. The molecular formula is C20H17N7O5S. The minimum Gasteiger partial charge on any atom is -0.364 e. The van der Waals surface area contributed by atoms with E-state index in [1.54, 1.807) is 10.6 Å². The lowest BCUT2D eigenvalue weighted by Crippen LogP contribution is -2.13. The molecule has 2 aromatic carbocycles. The fraction of sp³-hybridized carbons (Fsp3) is 0.150. The third-order valence-electron chi connectivity index (χ3n) is 4.64. The molecule has 2 aromatic heterocycles. The topological polar surface area (TPSA) is 176 Å². The highest BCUT2D eigenvalue weighted by molar-refractivity contribution is 7.87. The largest absolute Gasteiger partial charge is 0.364 e. The number of hydrogen-bond donors (Lipinski definition) is 3. The lowest BCUT2D eigenvalue weighted by atomic mass is 10.1. The highest BCUT2D eigenvalue weighted by Crippen LogP contribution is 2.28. The standard InChI is InChI=1S/C20H17N7O5S/c21-10-3-11-22-19-18(24-32-25-19)20-23-15-4-1-2-5-16(15)27(20)12-17(28)13-6-8-14(9-7-13)26-33(29,30)31/h1-2,4-9,26H,3,11-12H2,(H,22,25)(H,29,30,31). The van der Waals surface area contributed by atoms with Crippen molar-refractivity contribution in [1.82, 2.24) is 19.9 Å². The van der Waals surface area contributed by atoms with Crippen molar-refractivity contribution in [3.8, 4) is 17.6 Å². The fourth-order valence-corrected chi connectivity index (χ4v) is 3.65. The highest BCUT2D eigenvalue weighted by atomic mass is 32.2. The number of carbonyl (C=O) groups is 1. The van der Waals surface area contributed by atoms with Gasteiger partial charge in [-0.05, 0) is 46.7 Å². The molecular weight excluding hydrogens is 450 g/mol. The number of benzene rings is 2. The summed E-state index contributed by atoms with van der Waals surface area (Å²) in [5.41, 5.74) is 2.06. The van der Waals surface area contributed by atoms with Crippen molar-refractivity contribution in [2.75, 3.05) is 16.6 Å². The van der Waals surface area contributed by atoms with E-state index in [0.717, 1.165) is 0 Å². The normalized spacial score (nSPS) is 11.3. The van der Waals surface area contributed by atoms with Crippen LogP contribution in [0.2, 0.25) is 0 Å². The number of nitriles is 1. The number of rotatable bonds is 9. The van der Waals surface area contributed by atoms with Gasteiger partial charge in [0.15, 0.2) is 17.3 Å². The first-order valence-corrected chi connectivity index (χ1v) is 11.1. The van der Waals surface area contributed by atoms with Crippen molar-refractivity contribution in [2.45, 2.75) is 13.0 Å². The van der Waals surface area contributed by atoms with Crippen LogP contribution in [-0.2, 0) is 16.8 Å². The summed E-state index contributed by atoms with van der Waals surface area (Å²) in [5, 5.41) is 19.5. The van der Waals surface area contributed by atoms with E-state index in [0.29, 0.717) is 40.5 Å². The third kappa shape index (κ3) is 4.97. The van der Waals surface area contributed by atoms with E-state index >= 15 is 0 Å². The lowest BCUT2D eigenvalue weighted by Gasteiger charge is -2.09. The molecule has 13 heteroatoms. The molecule has 2 heterocycles. The number of ketones is 1. The molecule has 0 fully saturated rings. The number of anilines is 2. The van der Waals surface area contributed by atoms with Crippen molar-refractivity contribution in [1.29, 1.82) is 5.26 Å². The molecule has 3 N–H and O–H groups in total. The van der Waals surface area contributed by atoms with Crippen LogP contribution in [0, 0.1) is 11.3 Å². The Labute approximate surface area is 187 Å². The minimum absolute atomic E-state index is 0.0918. The summed E-state index contributed by atoms with van der Waals surface area (Å²) < 4.78 is 39.2. The fourth-order valence-electron chi connectivity index (χ4n) is 3.21. The molecule has 33 heavy (non-hydrogen) atoms. The zero-order chi connectivity index (χ0) is 23.4. The Morgan fingerprint density at radius 2 is 1.91 bits per heavy atom. The van der Waals surface area contributed by atoms with Crippen LogP contribution in [0.4, 0.5) is 11.5 Å². The predicted octanol–water partition coefficient (Wildman–Crippen LogP) is 2.51. The number of imidazole rings is 1. The van der Waals surface area contributed by atoms with E-state index in [1.165, 1.54) is 24.3 Å². The number of nitrogens with one attached hydrogen (secondary N) is 2. The van der Waals surface area contributed by atoms with Gasteiger partial charge in [-0.1, -0.05) is 12.1 Å². The Balaban J connectivity index is 1.66. The zero-order valence-electron chi connectivity index (χ0n) is 17.0. The van der Waals surface area contributed by atoms with Crippen molar-refractivity contribution in [3.05, 3.63) is 54.1 Å². The second-order valence-corrected chi connectivity index (χ2v) is 8.04. The van der Waals surface area contributed by atoms with Crippen LogP contribution in [-0.4, -0.2) is 45.2 Å². The SMILES string of the molecule is N#CCCNc1nonc1-c1nc2ccccc2n1CC(=O)c1ccc(NS(=O)(=O)O)cc1. The van der Waals surface area contributed by atoms with Crippen molar-refractivity contribution < 1.29 is 22.4 Å². The molecule has 0 aliphatic heterocycles. The van der Waals surface area contributed by atoms with Crippen LogP contribution < -0.4 is 10.0 Å². The number of Topliss-reactive ketones (excluding diaryl/α,β-unsaturated/α-hetero) is 1. The Bertz CT molecular complexity index is 1450. The molecule has 4 rings (SSSR count). The van der Waals surface area contributed by atoms with Gasteiger partial charge in [-0.15, -0.1) is 0 Å². The highest BCUT2D eigenvalue weighted by Gasteiger charge is 2.22. The maximum Gasteiger partial charge on any atom is 0.357 e. The van der Waals surface area contributed by atoms with Crippen LogP contribution in [0.25, 0.3) is 22.6 Å². The Kier molecular flexibility index (Phi) is 6.03. The molecule has 0 radical (unpaired) electrons. The molecule has 0 spiro atoms. The van der Waals surface area contributed by atoms with Gasteiger partial charge in [0.05, 0.1) is 35.8 Å². The smallest absolute Gasteiger partial charge is 0.357 e. The van der Waals surface area contributed by atoms with Gasteiger partial charge in [-0.25, -0.2) is 9.61 Å². The summed E-state index contributed by atoms with van der Waals surface area (Å²) in [5.74, 6) is 0.387. The van der Waals surface area contributed by atoms with E-state index in [9.17, 15) is 13.2 Å². The van der Waals surface area contributed by atoms with Gasteiger partial charge in [0, 0.05) is 12.1 Å². The summed E-state index contributed by atoms with van der Waals surface area (Å²) in [6.45, 7) is 0.242. The summed E-state index contributed by atoms with van der Waals surface area (Å²) in [7, 11) is -4.41. The van der Waals surface area contributed by atoms with Crippen LogP contribution >= 0.6 is 0 Å². The molecule has 0 aliphatic rings. The number of para-hydroxylation sites is 2. The van der Waals surface area contributed by atoms with Crippen molar-refractivity contribution in [2.24, 2.45) is 0 Å². The first-order valence-electron chi connectivity index (χ1n) is 9.63. The van der Waals surface area contributed by atoms with E-state index < -0.39 is 10.3 Å². The molecule has 0 saturated heterocycles. The quantitative estimate of drug-likeness (QED) is 0.188. The van der Waals surface area contributed by atoms with Gasteiger partial charge in [0.25, 0.3) is 0 Å². The van der Waals surface area contributed by atoms with Crippen molar-refractivity contribution in [3.63, 3.8) is 0 Å². The van der Waals surface area contributed by atoms with Crippen LogP contribution in [0.3, 0.4) is 0 Å². The number of carbonyl (C=O) groups excluding carboxylic acids is 1. The maximum atomic E-state index is 13.0. The van der Waals surface area contributed by atoms with Crippen LogP contribution in [0.5, 0.6) is 0 Å². The molecule has 0 unspecified atom stereocenters. The average molecular weight is 467 g/mol. The second kappa shape index (κ2) is 9.07. The number of aromatic nitrogens is 4. The molecule has 0 amide bonds. The van der Waals surface area contributed by atoms with Gasteiger partial charge in [-0.2, -0.15) is 13.7 Å². The first kappa shape index (κ1) is 21.9. The lowest BCUT2D eigenvalue weighted by molar-refractivity contribution is 0.0974. The number of fused-ring (bicyclic) bond motifs is 1. The van der Waals surface area contributed by atoms with E-state index in [4.69, 9.17) is 14.4 Å². The summed E-state index contributed by atoms with van der Waals surface area (Å²) >= 11 is 0. The van der Waals surface area contributed by atoms with Crippen LogP contribution in [0.1, 0.15) is 16.8 Å². The second-order valence-electron chi connectivity index (χ2n) is 6.88. The first-order chi connectivity index (χ1) is 15.9. The molecule has 168 valence electrons. The number of nitrogens with zero attached hydrogens (tertiary/aromatic N) is 5. The monoisotopic (exact) mass is 467 g/mol. The van der Waals surface area contributed by atoms with Crippen molar-refractivity contribution >= 4 is 38.6 Å². The third-order valence-corrected chi connectivity index (χ3v) is 5.13. The molecule has 12 nitrogen and oxygen atoms in total. The molecule has 0 bridgehead atoms. The van der Waals surface area contributed by atoms with E-state index in [2.05, 4.69) is 20.6 Å². The number of hydrogen-bond acceptors (Lipinski definition) is 9. The summed E-state index contributed by atoms with van der Waals surface area (Å²) in [6.07, 6.45) is 0.254. The van der Waals surface area contributed by atoms with Crippen LogP contribution in [0.15, 0.2) is 53.2 Å². The molecule has 0 saturated carbocycles. The van der Waals surface area contributed by atoms with Gasteiger partial charge < -0.3 is 9.88 Å². The maximum absolute atomic E-state index is 13.0. The molecule has 4 aromatic rings.